The van der Waals surface area contributed by atoms with E-state index in [0.29, 0.717) is 53.9 Å². The standard InChI is InChI=1S/C32H32ClN5O5/c1-19-36-37-32-25(18-29(41)34-16-5-3-4-8-27(39)23-7-6-9-28(40)31(23)42)35-30(20-10-12-21(33)13-11-20)24-17-22(43-2)14-15-26(24)38(19)32/h6-7,9-15,17,25,40,42H,3-5,8,16,18H2,1-2H3,(H,34,41)/t25-/m0/s1. The molecule has 1 atom stereocenters. The van der Waals surface area contributed by atoms with Gasteiger partial charge in [-0.3, -0.25) is 19.1 Å². The van der Waals surface area contributed by atoms with Crippen molar-refractivity contribution < 1.29 is 24.5 Å². The van der Waals surface area contributed by atoms with E-state index in [4.69, 9.17) is 21.3 Å². The molecule has 3 N–H and O–H groups in total. The van der Waals surface area contributed by atoms with Crippen LogP contribution in [0.5, 0.6) is 17.2 Å². The van der Waals surface area contributed by atoms with E-state index in [0.717, 1.165) is 16.8 Å². The number of hydrogen-bond donors (Lipinski definition) is 3. The van der Waals surface area contributed by atoms with Crippen molar-refractivity contribution in [3.63, 3.8) is 0 Å². The lowest BCUT2D eigenvalue weighted by atomic mass is 10.00. The molecule has 10 nitrogen and oxygen atoms in total. The Kier molecular flexibility index (Phi) is 9.06. The Morgan fingerprint density at radius 1 is 1.02 bits per heavy atom. The molecule has 0 saturated heterocycles. The molecule has 0 unspecified atom stereocenters. The van der Waals surface area contributed by atoms with Crippen molar-refractivity contribution in [3.05, 3.63) is 94.0 Å². The van der Waals surface area contributed by atoms with E-state index < -0.39 is 11.8 Å². The number of para-hydroxylation sites is 1. The molecule has 0 spiro atoms. The zero-order chi connectivity index (χ0) is 30.5. The summed E-state index contributed by atoms with van der Waals surface area (Å²) in [5.41, 5.74) is 3.30. The largest absolute Gasteiger partial charge is 0.504 e. The number of nitrogens with one attached hydrogen (secondary N) is 1. The van der Waals surface area contributed by atoms with Crippen LogP contribution in [0.4, 0.5) is 0 Å². The minimum atomic E-state index is -0.599. The Bertz CT molecular complexity index is 1680. The topological polar surface area (TPSA) is 139 Å². The van der Waals surface area contributed by atoms with Gasteiger partial charge in [0.2, 0.25) is 5.91 Å². The predicted octanol–water partition coefficient (Wildman–Crippen LogP) is 5.49. The van der Waals surface area contributed by atoms with E-state index >= 15 is 0 Å². The maximum atomic E-state index is 13.1. The van der Waals surface area contributed by atoms with E-state index in [1.54, 1.807) is 19.2 Å². The number of nitrogens with zero attached hydrogens (tertiary/aromatic N) is 4. The minimum absolute atomic E-state index is 0.0651. The second kappa shape index (κ2) is 13.1. The molecular weight excluding hydrogens is 570 g/mol. The summed E-state index contributed by atoms with van der Waals surface area (Å²) < 4.78 is 7.44. The van der Waals surface area contributed by atoms with Crippen LogP contribution in [0, 0.1) is 6.92 Å². The lowest BCUT2D eigenvalue weighted by Gasteiger charge is -2.14. The maximum Gasteiger partial charge on any atom is 0.222 e. The fraction of sp³-hybridized carbons (Fsp3) is 0.281. The number of carbonyl (C=O) groups excluding carboxylic acids is 2. The first kappa shape index (κ1) is 29.8. The van der Waals surface area contributed by atoms with Gasteiger partial charge in [0.15, 0.2) is 23.1 Å². The van der Waals surface area contributed by atoms with Crippen molar-refractivity contribution in [2.45, 2.75) is 45.1 Å². The quantitative estimate of drug-likeness (QED) is 0.117. The smallest absolute Gasteiger partial charge is 0.222 e. The highest BCUT2D eigenvalue weighted by atomic mass is 35.5. The zero-order valence-corrected chi connectivity index (χ0v) is 24.6. The van der Waals surface area contributed by atoms with Crippen molar-refractivity contribution in [1.82, 2.24) is 20.1 Å². The van der Waals surface area contributed by atoms with Crippen LogP contribution in [0.2, 0.25) is 5.02 Å². The first-order valence-corrected chi connectivity index (χ1v) is 14.4. The highest BCUT2D eigenvalue weighted by Crippen LogP contribution is 2.34. The number of ketones is 1. The number of ether oxygens (including phenoxy) is 1. The van der Waals surface area contributed by atoms with E-state index in [1.165, 1.54) is 18.2 Å². The minimum Gasteiger partial charge on any atom is -0.504 e. The number of unbranched alkanes of at least 4 members (excludes halogenated alkanes) is 2. The lowest BCUT2D eigenvalue weighted by Crippen LogP contribution is -2.26. The number of Topliss-reactive ketones (excluding diaryl/α,β-unsaturated/α-hetero) is 1. The van der Waals surface area contributed by atoms with Crippen molar-refractivity contribution in [3.8, 4) is 22.9 Å². The van der Waals surface area contributed by atoms with Gasteiger partial charge in [-0.1, -0.05) is 36.2 Å². The number of rotatable bonds is 11. The highest BCUT2D eigenvalue weighted by molar-refractivity contribution is 6.30. The number of halogens is 1. The molecule has 43 heavy (non-hydrogen) atoms. The maximum absolute atomic E-state index is 13.1. The fourth-order valence-electron chi connectivity index (χ4n) is 5.13. The molecule has 1 aliphatic heterocycles. The molecule has 4 aromatic rings. The van der Waals surface area contributed by atoms with Gasteiger partial charge < -0.3 is 20.3 Å². The number of carbonyl (C=O) groups is 2. The molecule has 2 heterocycles. The SMILES string of the molecule is COc1ccc2c(c1)C(c1ccc(Cl)cc1)=N[C@@H](CC(=O)NCCCCCC(=O)c1cccc(O)c1O)c1nnc(C)n1-2. The summed E-state index contributed by atoms with van der Waals surface area (Å²) in [6.45, 7) is 2.30. The lowest BCUT2D eigenvalue weighted by molar-refractivity contribution is -0.121. The first-order chi connectivity index (χ1) is 20.8. The Morgan fingerprint density at radius 2 is 1.81 bits per heavy atom. The molecule has 1 amide bonds. The third kappa shape index (κ3) is 6.54. The molecule has 0 saturated carbocycles. The second-order valence-electron chi connectivity index (χ2n) is 10.3. The summed E-state index contributed by atoms with van der Waals surface area (Å²) in [5, 5.41) is 31.8. The third-order valence-corrected chi connectivity index (χ3v) is 7.60. The van der Waals surface area contributed by atoms with Crippen molar-refractivity contribution in [2.75, 3.05) is 13.7 Å². The number of amides is 1. The number of aromatic nitrogens is 3. The summed E-state index contributed by atoms with van der Waals surface area (Å²) in [6.07, 6.45) is 2.27. The number of aromatic hydroxyl groups is 2. The van der Waals surface area contributed by atoms with E-state index in [-0.39, 0.29) is 35.8 Å². The van der Waals surface area contributed by atoms with E-state index in [1.807, 2.05) is 41.8 Å². The molecule has 1 aromatic heterocycles. The van der Waals surface area contributed by atoms with E-state index in [2.05, 4.69) is 15.5 Å². The molecule has 0 aliphatic carbocycles. The Hall–Kier alpha value is -4.70. The highest BCUT2D eigenvalue weighted by Gasteiger charge is 2.30. The first-order valence-electron chi connectivity index (χ1n) is 14.0. The number of hydrogen-bond acceptors (Lipinski definition) is 8. The molecule has 1 aliphatic rings. The Morgan fingerprint density at radius 3 is 2.58 bits per heavy atom. The van der Waals surface area contributed by atoms with Crippen molar-refractivity contribution in [2.24, 2.45) is 4.99 Å². The number of phenolic OH excluding ortho intramolecular Hbond substituents is 2. The van der Waals surface area contributed by atoms with Gasteiger partial charge in [-0.15, -0.1) is 10.2 Å². The van der Waals surface area contributed by atoms with Crippen LogP contribution in [-0.2, 0) is 4.79 Å². The number of aryl methyl sites for hydroxylation is 1. The van der Waals surface area contributed by atoms with Crippen LogP contribution in [0.3, 0.4) is 0 Å². The van der Waals surface area contributed by atoms with Crippen LogP contribution >= 0.6 is 11.6 Å². The van der Waals surface area contributed by atoms with Gasteiger partial charge in [-0.2, -0.15) is 0 Å². The zero-order valence-electron chi connectivity index (χ0n) is 23.9. The van der Waals surface area contributed by atoms with Gasteiger partial charge >= 0.3 is 0 Å². The van der Waals surface area contributed by atoms with Crippen LogP contribution in [-0.4, -0.2) is 56.0 Å². The van der Waals surface area contributed by atoms with Crippen molar-refractivity contribution >= 4 is 29.0 Å². The molecule has 222 valence electrons. The monoisotopic (exact) mass is 601 g/mol. The number of phenols is 2. The fourth-order valence-corrected chi connectivity index (χ4v) is 5.26. The Labute approximate surface area is 254 Å². The molecule has 3 aromatic carbocycles. The summed E-state index contributed by atoms with van der Waals surface area (Å²) in [7, 11) is 1.61. The summed E-state index contributed by atoms with van der Waals surface area (Å²) in [5.74, 6) is 0.783. The predicted molar refractivity (Wildman–Crippen MR) is 163 cm³/mol. The van der Waals surface area contributed by atoms with Gasteiger partial charge in [-0.25, -0.2) is 0 Å². The van der Waals surface area contributed by atoms with E-state index in [9.17, 15) is 19.8 Å². The molecular formula is C32H32ClN5O5. The molecule has 0 bridgehead atoms. The van der Waals surface area contributed by atoms with Gasteiger partial charge in [-0.05, 0) is 62.2 Å². The summed E-state index contributed by atoms with van der Waals surface area (Å²) >= 11 is 6.17. The second-order valence-corrected chi connectivity index (χ2v) is 10.7. The normalized spacial score (nSPS) is 13.8. The molecule has 0 radical (unpaired) electrons. The van der Waals surface area contributed by atoms with Crippen LogP contribution in [0.15, 0.2) is 65.7 Å². The van der Waals surface area contributed by atoms with Gasteiger partial charge in [0, 0.05) is 29.1 Å². The average Bonchev–Trinajstić information content (AvgIpc) is 3.33. The Balaban J connectivity index is 1.27. The third-order valence-electron chi connectivity index (χ3n) is 7.35. The summed E-state index contributed by atoms with van der Waals surface area (Å²) in [4.78, 5) is 30.6. The van der Waals surface area contributed by atoms with Gasteiger partial charge in [0.25, 0.3) is 0 Å². The van der Waals surface area contributed by atoms with Gasteiger partial charge in [0.05, 0.1) is 30.5 Å². The summed E-state index contributed by atoms with van der Waals surface area (Å²) in [6, 6.07) is 16.9. The van der Waals surface area contributed by atoms with Gasteiger partial charge in [0.1, 0.15) is 17.6 Å². The van der Waals surface area contributed by atoms with Crippen LogP contribution in [0.25, 0.3) is 5.69 Å². The number of methoxy groups -OCH3 is 1. The number of aliphatic imine (C=N–C) groups is 1. The van der Waals surface area contributed by atoms with Crippen LogP contribution < -0.4 is 10.1 Å². The van der Waals surface area contributed by atoms with Crippen LogP contribution in [0.1, 0.15) is 71.3 Å². The number of fused-ring (bicyclic) bond motifs is 3. The molecule has 11 heteroatoms. The average molecular weight is 602 g/mol. The molecule has 0 fully saturated rings. The van der Waals surface area contributed by atoms with Crippen molar-refractivity contribution in [1.29, 1.82) is 0 Å². The number of benzene rings is 3. The molecule has 5 rings (SSSR count).